The van der Waals surface area contributed by atoms with Gasteiger partial charge in [-0.05, 0) is 53.2 Å². The fraction of sp³-hybridized carbons (Fsp3) is 0.538. The summed E-state index contributed by atoms with van der Waals surface area (Å²) in [6.45, 7) is 0.589. The van der Waals surface area contributed by atoms with Gasteiger partial charge < -0.3 is 10.4 Å². The van der Waals surface area contributed by atoms with Crippen molar-refractivity contribution in [2.24, 2.45) is 0 Å². The Bertz CT molecular complexity index is 467. The van der Waals surface area contributed by atoms with Gasteiger partial charge >= 0.3 is 0 Å². The Labute approximate surface area is 120 Å². The van der Waals surface area contributed by atoms with E-state index < -0.39 is 4.92 Å². The van der Waals surface area contributed by atoms with Gasteiger partial charge in [-0.1, -0.05) is 6.07 Å². The average molecular weight is 329 g/mol. The molecule has 2 N–H and O–H groups in total. The van der Waals surface area contributed by atoms with Crippen LogP contribution in [0.4, 0.5) is 5.69 Å². The van der Waals surface area contributed by atoms with Gasteiger partial charge in [-0.3, -0.25) is 10.1 Å². The van der Waals surface area contributed by atoms with Gasteiger partial charge in [0.15, 0.2) is 0 Å². The van der Waals surface area contributed by atoms with Crippen LogP contribution < -0.4 is 5.32 Å². The van der Waals surface area contributed by atoms with Gasteiger partial charge in [-0.15, -0.1) is 0 Å². The zero-order valence-electron chi connectivity index (χ0n) is 10.5. The summed E-state index contributed by atoms with van der Waals surface area (Å²) in [7, 11) is 0. The third-order valence-electron chi connectivity index (χ3n) is 3.45. The van der Waals surface area contributed by atoms with Crippen LogP contribution in [0.3, 0.4) is 0 Å². The first-order valence-electron chi connectivity index (χ1n) is 6.40. The first kappa shape index (κ1) is 14.4. The molecular formula is C13H17BrN2O3. The topological polar surface area (TPSA) is 75.4 Å². The highest BCUT2D eigenvalue weighted by atomic mass is 79.9. The maximum atomic E-state index is 10.8. The number of nitrogens with one attached hydrogen (secondary N) is 1. The van der Waals surface area contributed by atoms with Crippen LogP contribution in [0.5, 0.6) is 0 Å². The van der Waals surface area contributed by atoms with E-state index >= 15 is 0 Å². The van der Waals surface area contributed by atoms with Crippen LogP contribution in [-0.4, -0.2) is 22.2 Å². The molecule has 5 nitrogen and oxygen atoms in total. The molecule has 1 aromatic rings. The molecular weight excluding hydrogens is 312 g/mol. The standard InChI is InChI=1S/C13H17BrN2O3/c14-12-5-4-9(6-13(12)16(18)19)8-15-10-2-1-3-11(17)7-10/h4-6,10-11,15,17H,1-3,7-8H2. The first-order valence-corrected chi connectivity index (χ1v) is 7.20. The van der Waals surface area contributed by atoms with Crippen LogP contribution in [0.25, 0.3) is 0 Å². The molecule has 0 bridgehead atoms. The maximum Gasteiger partial charge on any atom is 0.283 e. The molecule has 0 amide bonds. The molecule has 2 rings (SSSR count). The lowest BCUT2D eigenvalue weighted by molar-refractivity contribution is -0.385. The van der Waals surface area contributed by atoms with Gasteiger partial charge in [-0.2, -0.15) is 0 Å². The van der Waals surface area contributed by atoms with Crippen molar-refractivity contribution in [2.75, 3.05) is 0 Å². The summed E-state index contributed by atoms with van der Waals surface area (Å²) in [5.74, 6) is 0. The number of nitro benzene ring substituents is 1. The molecule has 1 aromatic carbocycles. The molecule has 0 spiro atoms. The Balaban J connectivity index is 1.96. The van der Waals surface area contributed by atoms with Gasteiger partial charge in [0.2, 0.25) is 0 Å². The highest BCUT2D eigenvalue weighted by molar-refractivity contribution is 9.10. The summed E-state index contributed by atoms with van der Waals surface area (Å²) in [6, 6.07) is 5.44. The molecule has 0 saturated heterocycles. The van der Waals surface area contributed by atoms with E-state index in [9.17, 15) is 15.2 Å². The number of hydrogen-bond acceptors (Lipinski definition) is 4. The number of hydrogen-bond donors (Lipinski definition) is 2. The summed E-state index contributed by atoms with van der Waals surface area (Å²) in [5, 5.41) is 23.8. The molecule has 1 fully saturated rings. The number of halogens is 1. The molecule has 0 aromatic heterocycles. The second-order valence-electron chi connectivity index (χ2n) is 4.94. The molecule has 1 saturated carbocycles. The summed E-state index contributed by atoms with van der Waals surface area (Å²) in [4.78, 5) is 10.5. The van der Waals surface area contributed by atoms with Crippen molar-refractivity contribution in [3.05, 3.63) is 38.3 Å². The number of benzene rings is 1. The van der Waals surface area contributed by atoms with Crippen LogP contribution in [0.1, 0.15) is 31.2 Å². The molecule has 6 heteroatoms. The van der Waals surface area contributed by atoms with Gasteiger partial charge in [0.05, 0.1) is 15.5 Å². The minimum absolute atomic E-state index is 0.0861. The van der Waals surface area contributed by atoms with Crippen molar-refractivity contribution in [2.45, 2.75) is 44.4 Å². The Kier molecular flexibility index (Phi) is 4.90. The van der Waals surface area contributed by atoms with Crippen molar-refractivity contribution >= 4 is 21.6 Å². The summed E-state index contributed by atoms with van der Waals surface area (Å²) in [5.41, 5.74) is 0.970. The SMILES string of the molecule is O=[N+]([O-])c1cc(CNC2CCCC(O)C2)ccc1Br. The molecule has 1 aliphatic carbocycles. The zero-order valence-corrected chi connectivity index (χ0v) is 12.1. The van der Waals surface area contributed by atoms with E-state index in [1.54, 1.807) is 12.1 Å². The number of aliphatic hydroxyl groups is 1. The monoisotopic (exact) mass is 328 g/mol. The van der Waals surface area contributed by atoms with Gasteiger partial charge in [0, 0.05) is 18.7 Å². The molecule has 1 aliphatic rings. The largest absolute Gasteiger partial charge is 0.393 e. The highest BCUT2D eigenvalue weighted by Gasteiger charge is 2.20. The second kappa shape index (κ2) is 6.45. The van der Waals surface area contributed by atoms with Crippen molar-refractivity contribution in [3.8, 4) is 0 Å². The van der Waals surface area contributed by atoms with E-state index in [0.717, 1.165) is 31.2 Å². The van der Waals surface area contributed by atoms with Crippen LogP contribution in [0.15, 0.2) is 22.7 Å². The highest BCUT2D eigenvalue weighted by Crippen LogP contribution is 2.26. The molecule has 0 radical (unpaired) electrons. The van der Waals surface area contributed by atoms with Crippen molar-refractivity contribution in [1.29, 1.82) is 0 Å². The Hall–Kier alpha value is -0.980. The minimum atomic E-state index is -0.391. The Morgan fingerprint density at radius 1 is 1.47 bits per heavy atom. The number of aliphatic hydroxyl groups excluding tert-OH is 1. The average Bonchev–Trinajstić information content (AvgIpc) is 2.37. The molecule has 104 valence electrons. The summed E-state index contributed by atoms with van der Waals surface area (Å²) in [6.07, 6.45) is 3.50. The lowest BCUT2D eigenvalue weighted by Gasteiger charge is -2.26. The maximum absolute atomic E-state index is 10.8. The third kappa shape index (κ3) is 3.99. The molecule has 19 heavy (non-hydrogen) atoms. The van der Waals surface area contributed by atoms with Crippen LogP contribution >= 0.6 is 15.9 Å². The van der Waals surface area contributed by atoms with Crippen LogP contribution in [-0.2, 0) is 6.54 Å². The third-order valence-corrected chi connectivity index (χ3v) is 4.12. The fourth-order valence-electron chi connectivity index (χ4n) is 2.42. The predicted octanol–water partition coefficient (Wildman–Crippen LogP) is 2.75. The van der Waals surface area contributed by atoms with Gasteiger partial charge in [-0.25, -0.2) is 0 Å². The lowest BCUT2D eigenvalue weighted by Crippen LogP contribution is -2.35. The van der Waals surface area contributed by atoms with Gasteiger partial charge in [0.1, 0.15) is 0 Å². The van der Waals surface area contributed by atoms with E-state index in [1.807, 2.05) is 6.07 Å². The van der Waals surface area contributed by atoms with Crippen LogP contribution in [0.2, 0.25) is 0 Å². The van der Waals surface area contributed by atoms with E-state index in [-0.39, 0.29) is 11.8 Å². The van der Waals surface area contributed by atoms with Crippen molar-refractivity contribution in [1.82, 2.24) is 5.32 Å². The molecule has 2 atom stereocenters. The molecule has 0 heterocycles. The second-order valence-corrected chi connectivity index (χ2v) is 5.80. The fourth-order valence-corrected chi connectivity index (χ4v) is 2.81. The van der Waals surface area contributed by atoms with Gasteiger partial charge in [0.25, 0.3) is 5.69 Å². The number of nitrogens with zero attached hydrogens (tertiary/aromatic N) is 1. The summed E-state index contributed by atoms with van der Waals surface area (Å²) >= 11 is 3.17. The van der Waals surface area contributed by atoms with E-state index in [2.05, 4.69) is 21.2 Å². The van der Waals surface area contributed by atoms with Crippen molar-refractivity contribution < 1.29 is 10.0 Å². The smallest absolute Gasteiger partial charge is 0.283 e. The summed E-state index contributed by atoms with van der Waals surface area (Å²) < 4.78 is 0.495. The normalized spacial score (nSPS) is 23.3. The zero-order chi connectivity index (χ0) is 13.8. The molecule has 0 aliphatic heterocycles. The van der Waals surface area contributed by atoms with E-state index in [1.165, 1.54) is 0 Å². The lowest BCUT2D eigenvalue weighted by atomic mass is 9.93. The van der Waals surface area contributed by atoms with Crippen molar-refractivity contribution in [3.63, 3.8) is 0 Å². The number of rotatable bonds is 4. The van der Waals surface area contributed by atoms with E-state index in [4.69, 9.17) is 0 Å². The number of nitro groups is 1. The predicted molar refractivity (Wildman–Crippen MR) is 75.9 cm³/mol. The Morgan fingerprint density at radius 2 is 2.26 bits per heavy atom. The minimum Gasteiger partial charge on any atom is -0.393 e. The first-order chi connectivity index (χ1) is 9.06. The van der Waals surface area contributed by atoms with Crippen LogP contribution in [0, 0.1) is 10.1 Å². The Morgan fingerprint density at radius 3 is 2.95 bits per heavy atom. The molecule has 2 unspecified atom stereocenters. The quantitative estimate of drug-likeness (QED) is 0.658. The van der Waals surface area contributed by atoms with E-state index in [0.29, 0.717) is 17.1 Å².